The molecular weight excluding hydrogens is 837 g/mol. The highest BCUT2D eigenvalue weighted by Gasteiger charge is 2.16. The standard InChI is InChI=1S/C7H14N2.C6H12N2.C6H11N.C5H10N2.2C5H9N.C4H8N2.C4H10N2.C4H8.C3H7N.C2H6N2/c1-7(8)9-5-3-2-4-6-9;1-6(7)8-4-2-3-5-8;1-6(2)7-4-3-5-7;1-5(6)7-3-2-4-7;1-5(2)6-3-4-6;1-5-3-2-4-6-5;1-4(5)6-2-3-6;1-4(5)6(2)3;1-4(2)3;1-3(2)4;1-2(3)4/h8H,2-6H2,1H3;7H,2-5H2,1H3;1,3-5H2,2H3;6H,2-4H2,1H3;1,3-4H2,2H3;2-4H2,1H3;5H,2-3H2,1H3;5H,1-3H3;1H2,2-3H3;4H,1-2H3;1H3,(H3,3,4). The number of nitrogens with one attached hydrogen (secondary N) is 7. The summed E-state index contributed by atoms with van der Waals surface area (Å²) < 4.78 is 0. The molecule has 0 aromatic heterocycles. The van der Waals surface area contributed by atoms with E-state index in [1.807, 2.05) is 67.5 Å². The van der Waals surface area contributed by atoms with E-state index in [-0.39, 0.29) is 5.84 Å². The van der Waals surface area contributed by atoms with Crippen LogP contribution in [0.3, 0.4) is 0 Å². The molecule has 0 radical (unpaired) electrons. The van der Waals surface area contributed by atoms with E-state index in [1.54, 1.807) is 25.7 Å². The van der Waals surface area contributed by atoms with Crippen molar-refractivity contribution in [2.45, 2.75) is 148 Å². The number of likely N-dealkylation sites (tertiary alicyclic amines) is 4. The summed E-state index contributed by atoms with van der Waals surface area (Å²) in [7, 11) is 3.70. The van der Waals surface area contributed by atoms with Gasteiger partial charge in [0.05, 0.1) is 35.0 Å². The molecule has 0 unspecified atom stereocenters. The number of piperidine rings is 1. The fourth-order valence-electron chi connectivity index (χ4n) is 5.13. The molecule has 7 aliphatic rings. The monoisotopic (exact) mass is 941 g/mol. The molecule has 388 valence electrons. The van der Waals surface area contributed by atoms with Crippen LogP contribution in [-0.2, 0) is 0 Å². The van der Waals surface area contributed by atoms with Gasteiger partial charge in [0, 0.05) is 122 Å². The minimum absolute atomic E-state index is 0.167. The SMILES string of the molecule is C=C(C)C.C=C(C)N1CC1.C=C(C)N1CCC1.CC(=N)N.CC(=N)N(C)C.CC(=N)N1CC1.CC(=N)N1CCC1.CC(=N)N1CCCC1.CC(=N)N1CCCCC1.CC(C)=N.CC1=NCCC1. The van der Waals surface area contributed by atoms with Crippen molar-refractivity contribution in [2.24, 2.45) is 10.7 Å². The Labute approximate surface area is 411 Å². The molecule has 0 atom stereocenters. The summed E-state index contributed by atoms with van der Waals surface area (Å²) in [6.45, 7) is 50.2. The Hall–Kier alpha value is -5.02. The highest BCUT2D eigenvalue weighted by atomic mass is 15.3. The molecule has 16 heteroatoms. The summed E-state index contributed by atoms with van der Waals surface area (Å²) in [6.07, 6.45) is 11.6. The average Bonchev–Trinajstić information content (AvgIpc) is 4.09. The summed E-state index contributed by atoms with van der Waals surface area (Å²) >= 11 is 0. The zero-order chi connectivity index (χ0) is 52.7. The Morgan fingerprint density at radius 3 is 0.746 bits per heavy atom. The van der Waals surface area contributed by atoms with Crippen LogP contribution in [0.1, 0.15) is 148 Å². The van der Waals surface area contributed by atoms with E-state index in [0.29, 0.717) is 23.2 Å². The molecular formula is C51H104N16. The Kier molecular flexibility index (Phi) is 43.3. The zero-order valence-electron chi connectivity index (χ0n) is 45.8. The predicted molar refractivity (Wildman–Crippen MR) is 296 cm³/mol. The maximum absolute atomic E-state index is 7.31. The van der Waals surface area contributed by atoms with Crippen LogP contribution in [0.25, 0.3) is 0 Å². The molecule has 7 aliphatic heterocycles. The van der Waals surface area contributed by atoms with Crippen molar-refractivity contribution in [1.82, 2.24) is 34.3 Å². The first-order chi connectivity index (χ1) is 31.1. The molecule has 0 bridgehead atoms. The highest BCUT2D eigenvalue weighted by molar-refractivity contribution is 5.83. The second-order valence-electron chi connectivity index (χ2n) is 18.3. The van der Waals surface area contributed by atoms with Crippen molar-refractivity contribution >= 4 is 46.4 Å². The smallest absolute Gasteiger partial charge is 0.0927 e. The molecule has 16 nitrogen and oxygen atoms in total. The number of hydrogen-bond donors (Lipinski definition) is 8. The van der Waals surface area contributed by atoms with Crippen molar-refractivity contribution in [3.8, 4) is 0 Å². The molecule has 67 heavy (non-hydrogen) atoms. The van der Waals surface area contributed by atoms with Gasteiger partial charge < -0.3 is 45.4 Å². The maximum Gasteiger partial charge on any atom is 0.0927 e. The van der Waals surface area contributed by atoms with Crippen LogP contribution >= 0.6 is 0 Å². The van der Waals surface area contributed by atoms with E-state index < -0.39 is 0 Å². The van der Waals surface area contributed by atoms with Gasteiger partial charge in [-0.2, -0.15) is 0 Å². The predicted octanol–water partition coefficient (Wildman–Crippen LogP) is 9.96. The quantitative estimate of drug-likeness (QED) is 0.0574. The summed E-state index contributed by atoms with van der Waals surface area (Å²) in [6, 6.07) is 0. The van der Waals surface area contributed by atoms with Gasteiger partial charge in [-0.1, -0.05) is 18.7 Å². The fourth-order valence-corrected chi connectivity index (χ4v) is 5.13. The molecule has 0 spiro atoms. The second kappa shape index (κ2) is 42.3. The third-order valence-corrected chi connectivity index (χ3v) is 9.79. The summed E-state index contributed by atoms with van der Waals surface area (Å²) in [5.41, 5.74) is 10.3. The lowest BCUT2D eigenvalue weighted by Crippen LogP contribution is -2.40. The lowest BCUT2D eigenvalue weighted by molar-refractivity contribution is 0.240. The fraction of sp³-hybridized carbons (Fsp3) is 0.725. The van der Waals surface area contributed by atoms with Crippen molar-refractivity contribution in [2.75, 3.05) is 99.2 Å². The molecule has 0 aromatic carbocycles. The van der Waals surface area contributed by atoms with Crippen LogP contribution in [0, 0.1) is 37.9 Å². The van der Waals surface area contributed by atoms with Gasteiger partial charge in [-0.15, -0.1) is 6.58 Å². The van der Waals surface area contributed by atoms with Gasteiger partial charge >= 0.3 is 0 Å². The van der Waals surface area contributed by atoms with Gasteiger partial charge in [0.1, 0.15) is 0 Å². The number of nitrogens with two attached hydrogens (primary N) is 1. The summed E-state index contributed by atoms with van der Waals surface area (Å²) in [5.74, 6) is 3.63. The van der Waals surface area contributed by atoms with Crippen LogP contribution in [0.2, 0.25) is 0 Å². The lowest BCUT2D eigenvalue weighted by atomic mass is 10.1. The first-order valence-corrected chi connectivity index (χ1v) is 24.2. The Balaban J connectivity index is -0.000000329. The molecule has 0 amide bonds. The number of aliphatic imine (C=N–C) groups is 1. The van der Waals surface area contributed by atoms with E-state index in [1.165, 1.54) is 114 Å². The minimum Gasteiger partial charge on any atom is -0.388 e. The number of rotatable bonds is 2. The van der Waals surface area contributed by atoms with Crippen LogP contribution in [0.4, 0.5) is 0 Å². The van der Waals surface area contributed by atoms with Gasteiger partial charge in [0.25, 0.3) is 0 Å². The molecule has 0 aliphatic carbocycles. The second-order valence-corrected chi connectivity index (χ2v) is 18.3. The Morgan fingerprint density at radius 2 is 0.672 bits per heavy atom. The average molecular weight is 942 g/mol. The Bertz CT molecular complexity index is 1380. The van der Waals surface area contributed by atoms with E-state index in [9.17, 15) is 0 Å². The third kappa shape index (κ3) is 53.5. The number of allylic oxidation sites excluding steroid dienone is 3. The van der Waals surface area contributed by atoms with E-state index >= 15 is 0 Å². The van der Waals surface area contributed by atoms with Crippen LogP contribution < -0.4 is 5.73 Å². The molecule has 6 fully saturated rings. The van der Waals surface area contributed by atoms with Gasteiger partial charge in [-0.3, -0.25) is 37.4 Å². The van der Waals surface area contributed by atoms with Crippen molar-refractivity contribution < 1.29 is 0 Å². The number of amidine groups is 6. The highest BCUT2D eigenvalue weighted by Crippen LogP contribution is 2.11. The summed E-state index contributed by atoms with van der Waals surface area (Å²) in [4.78, 5) is 18.7. The first-order valence-electron chi connectivity index (χ1n) is 24.2. The van der Waals surface area contributed by atoms with Crippen LogP contribution in [0.15, 0.2) is 41.7 Å². The van der Waals surface area contributed by atoms with E-state index in [2.05, 4.69) is 63.1 Å². The van der Waals surface area contributed by atoms with Gasteiger partial charge in [0.15, 0.2) is 0 Å². The van der Waals surface area contributed by atoms with Crippen molar-refractivity contribution in [3.05, 3.63) is 36.7 Å². The van der Waals surface area contributed by atoms with E-state index in [0.717, 1.165) is 70.6 Å². The largest absolute Gasteiger partial charge is 0.388 e. The zero-order valence-corrected chi connectivity index (χ0v) is 45.8. The van der Waals surface area contributed by atoms with E-state index in [4.69, 9.17) is 43.6 Å². The summed E-state index contributed by atoms with van der Waals surface area (Å²) in [5, 5.41) is 48.2. The molecule has 9 N–H and O–H groups in total. The molecule has 0 saturated carbocycles. The third-order valence-electron chi connectivity index (χ3n) is 9.79. The minimum atomic E-state index is 0.167. The van der Waals surface area contributed by atoms with Gasteiger partial charge in [-0.25, -0.2) is 0 Å². The Morgan fingerprint density at radius 1 is 0.448 bits per heavy atom. The maximum atomic E-state index is 7.31. The normalized spacial score (nSPS) is 15.8. The molecule has 0 aromatic rings. The first kappa shape index (κ1) is 68.6. The topological polar surface area (TPSA) is 228 Å². The van der Waals surface area contributed by atoms with Gasteiger partial charge in [0.2, 0.25) is 0 Å². The van der Waals surface area contributed by atoms with Crippen LogP contribution in [-0.4, -0.2) is 180 Å². The van der Waals surface area contributed by atoms with Gasteiger partial charge in [-0.05, 0) is 148 Å². The van der Waals surface area contributed by atoms with Crippen molar-refractivity contribution in [3.63, 3.8) is 0 Å². The number of hydrogen-bond acceptors (Lipinski definition) is 10. The molecule has 7 heterocycles. The van der Waals surface area contributed by atoms with Crippen LogP contribution in [0.5, 0.6) is 0 Å². The van der Waals surface area contributed by atoms with Crippen molar-refractivity contribution in [1.29, 1.82) is 37.9 Å². The number of nitrogens with zero attached hydrogens (tertiary/aromatic N) is 8. The molecule has 7 rings (SSSR count). The lowest BCUT2D eigenvalue weighted by Gasteiger charge is -2.32. The molecule has 6 saturated heterocycles.